The van der Waals surface area contributed by atoms with Gasteiger partial charge in [0.2, 0.25) is 0 Å². The molecule has 4 aromatic rings. The van der Waals surface area contributed by atoms with Crippen molar-refractivity contribution in [3.8, 4) is 5.75 Å². The SMILES string of the molecule is Cc1ccc(C(=O)Oc2ccc3ccccc3c2/C=N/NC(=O)CNC(=O)c2ccc(Cl)cc2)cc1. The summed E-state index contributed by atoms with van der Waals surface area (Å²) >= 11 is 5.82. The molecule has 0 unspecified atom stereocenters. The van der Waals surface area contributed by atoms with Gasteiger partial charge in [-0.15, -0.1) is 0 Å². The molecule has 0 aromatic heterocycles. The average Bonchev–Trinajstić information content (AvgIpc) is 2.89. The molecule has 0 heterocycles. The van der Waals surface area contributed by atoms with Crippen LogP contribution in [0, 0.1) is 6.92 Å². The Morgan fingerprint density at radius 1 is 0.889 bits per heavy atom. The Bertz CT molecular complexity index is 1450. The number of benzene rings is 4. The highest BCUT2D eigenvalue weighted by molar-refractivity contribution is 6.30. The van der Waals surface area contributed by atoms with E-state index in [1.165, 1.54) is 6.21 Å². The summed E-state index contributed by atoms with van der Waals surface area (Å²) in [6.07, 6.45) is 1.42. The molecule has 0 aliphatic heterocycles. The third-order valence-electron chi connectivity index (χ3n) is 5.32. The number of hydrazone groups is 1. The number of hydrogen-bond donors (Lipinski definition) is 2. The fourth-order valence-electron chi connectivity index (χ4n) is 3.42. The van der Waals surface area contributed by atoms with Crippen LogP contribution in [-0.2, 0) is 4.79 Å². The number of rotatable bonds is 7. The van der Waals surface area contributed by atoms with Gasteiger partial charge in [0.05, 0.1) is 18.3 Å². The first-order valence-electron chi connectivity index (χ1n) is 11.1. The van der Waals surface area contributed by atoms with E-state index < -0.39 is 17.8 Å². The van der Waals surface area contributed by atoms with Gasteiger partial charge in [-0.2, -0.15) is 5.10 Å². The second-order valence-electron chi connectivity index (χ2n) is 7.94. The number of fused-ring (bicyclic) bond motifs is 1. The number of halogens is 1. The van der Waals surface area contributed by atoms with Crippen molar-refractivity contribution in [2.75, 3.05) is 6.54 Å². The lowest BCUT2D eigenvalue weighted by molar-refractivity contribution is -0.120. The Morgan fingerprint density at radius 2 is 1.58 bits per heavy atom. The van der Waals surface area contributed by atoms with Crippen LogP contribution in [0.15, 0.2) is 90.0 Å². The maximum absolute atomic E-state index is 12.7. The minimum Gasteiger partial charge on any atom is -0.422 e. The number of aryl methyl sites for hydroxylation is 1. The summed E-state index contributed by atoms with van der Waals surface area (Å²) < 4.78 is 5.66. The van der Waals surface area contributed by atoms with Crippen LogP contribution in [0.1, 0.15) is 31.8 Å². The fourth-order valence-corrected chi connectivity index (χ4v) is 3.54. The second kappa shape index (κ2) is 11.3. The van der Waals surface area contributed by atoms with Crippen molar-refractivity contribution in [3.63, 3.8) is 0 Å². The van der Waals surface area contributed by atoms with Gasteiger partial charge in [0, 0.05) is 16.1 Å². The van der Waals surface area contributed by atoms with Gasteiger partial charge in [-0.3, -0.25) is 9.59 Å². The van der Waals surface area contributed by atoms with Crippen molar-refractivity contribution in [3.05, 3.63) is 112 Å². The Kier molecular flexibility index (Phi) is 7.72. The molecule has 0 bridgehead atoms. The van der Waals surface area contributed by atoms with E-state index in [1.807, 2.05) is 49.4 Å². The highest BCUT2D eigenvalue weighted by Gasteiger charge is 2.14. The monoisotopic (exact) mass is 499 g/mol. The number of carbonyl (C=O) groups is 3. The standard InChI is InChI=1S/C28H22ClN3O4/c1-18-6-8-21(9-7-18)28(35)36-25-15-12-19-4-2-3-5-23(19)24(25)16-31-32-26(33)17-30-27(34)20-10-13-22(29)14-11-20/h2-16H,17H2,1H3,(H,30,34)(H,32,33)/b31-16+. The smallest absolute Gasteiger partial charge is 0.343 e. The molecule has 2 N–H and O–H groups in total. The highest BCUT2D eigenvalue weighted by Crippen LogP contribution is 2.27. The van der Waals surface area contributed by atoms with Gasteiger partial charge in [-0.25, -0.2) is 10.2 Å². The molecule has 7 nitrogen and oxygen atoms in total. The Balaban J connectivity index is 1.46. The minimum absolute atomic E-state index is 0.274. The van der Waals surface area contributed by atoms with Crippen LogP contribution in [0.25, 0.3) is 10.8 Å². The highest BCUT2D eigenvalue weighted by atomic mass is 35.5. The molecule has 180 valence electrons. The molecule has 36 heavy (non-hydrogen) atoms. The van der Waals surface area contributed by atoms with E-state index in [2.05, 4.69) is 15.8 Å². The summed E-state index contributed by atoms with van der Waals surface area (Å²) in [5.74, 6) is -1.14. The molecular formula is C28H22ClN3O4. The van der Waals surface area contributed by atoms with Gasteiger partial charge in [0.25, 0.3) is 11.8 Å². The third-order valence-corrected chi connectivity index (χ3v) is 5.57. The lowest BCUT2D eigenvalue weighted by Crippen LogP contribution is -2.34. The van der Waals surface area contributed by atoms with Crippen LogP contribution in [-0.4, -0.2) is 30.5 Å². The van der Waals surface area contributed by atoms with E-state index in [0.29, 0.717) is 27.5 Å². The Morgan fingerprint density at radius 3 is 2.33 bits per heavy atom. The Labute approximate surface area is 212 Å². The molecule has 0 saturated carbocycles. The molecule has 4 rings (SSSR count). The summed E-state index contributed by atoms with van der Waals surface area (Å²) in [6, 6.07) is 24.4. The molecule has 0 aliphatic carbocycles. The van der Waals surface area contributed by atoms with E-state index >= 15 is 0 Å². The van der Waals surface area contributed by atoms with Crippen LogP contribution in [0.5, 0.6) is 5.75 Å². The first kappa shape index (κ1) is 24.6. The summed E-state index contributed by atoms with van der Waals surface area (Å²) in [7, 11) is 0. The molecule has 0 radical (unpaired) electrons. The second-order valence-corrected chi connectivity index (χ2v) is 8.37. The van der Waals surface area contributed by atoms with Crippen LogP contribution in [0.4, 0.5) is 0 Å². The lowest BCUT2D eigenvalue weighted by Gasteiger charge is -2.11. The van der Waals surface area contributed by atoms with Crippen molar-refractivity contribution < 1.29 is 19.1 Å². The van der Waals surface area contributed by atoms with Gasteiger partial charge in [0.15, 0.2) is 0 Å². The number of nitrogens with one attached hydrogen (secondary N) is 2. The predicted octanol–water partition coefficient (Wildman–Crippen LogP) is 4.90. The Hall–Kier alpha value is -4.49. The van der Waals surface area contributed by atoms with E-state index in [0.717, 1.165) is 16.3 Å². The van der Waals surface area contributed by atoms with Crippen LogP contribution in [0.2, 0.25) is 5.02 Å². The molecule has 0 fully saturated rings. The van der Waals surface area contributed by atoms with Crippen LogP contribution in [0.3, 0.4) is 0 Å². The van der Waals surface area contributed by atoms with E-state index in [1.54, 1.807) is 42.5 Å². The number of ether oxygens (including phenoxy) is 1. The molecule has 2 amide bonds. The zero-order chi connectivity index (χ0) is 25.5. The molecule has 8 heteroatoms. The first-order chi connectivity index (χ1) is 17.4. The first-order valence-corrected chi connectivity index (χ1v) is 11.4. The van der Waals surface area contributed by atoms with Gasteiger partial charge >= 0.3 is 5.97 Å². The van der Waals surface area contributed by atoms with E-state index in [-0.39, 0.29) is 6.54 Å². The van der Waals surface area contributed by atoms with Crippen LogP contribution >= 0.6 is 11.6 Å². The maximum atomic E-state index is 12.7. The lowest BCUT2D eigenvalue weighted by atomic mass is 10.0. The number of esters is 1. The van der Waals surface area contributed by atoms with Crippen molar-refractivity contribution in [1.29, 1.82) is 0 Å². The number of nitrogens with zero attached hydrogens (tertiary/aromatic N) is 1. The van der Waals surface area contributed by atoms with Crippen molar-refractivity contribution in [1.82, 2.24) is 10.7 Å². The van der Waals surface area contributed by atoms with Gasteiger partial charge in [-0.05, 0) is 60.2 Å². The number of carbonyl (C=O) groups excluding carboxylic acids is 3. The van der Waals surface area contributed by atoms with Gasteiger partial charge < -0.3 is 10.1 Å². The summed E-state index contributed by atoms with van der Waals surface area (Å²) in [6.45, 7) is 1.66. The molecule has 0 saturated heterocycles. The van der Waals surface area contributed by atoms with Crippen molar-refractivity contribution >= 4 is 46.4 Å². The fraction of sp³-hybridized carbons (Fsp3) is 0.0714. The quantitative estimate of drug-likeness (QED) is 0.163. The molecule has 0 spiro atoms. The largest absolute Gasteiger partial charge is 0.422 e. The predicted molar refractivity (Wildman–Crippen MR) is 140 cm³/mol. The van der Waals surface area contributed by atoms with E-state index in [4.69, 9.17) is 16.3 Å². The van der Waals surface area contributed by atoms with Crippen molar-refractivity contribution in [2.45, 2.75) is 6.92 Å². The van der Waals surface area contributed by atoms with E-state index in [9.17, 15) is 14.4 Å². The van der Waals surface area contributed by atoms with Gasteiger partial charge in [0.1, 0.15) is 5.75 Å². The zero-order valence-corrected chi connectivity index (χ0v) is 20.1. The maximum Gasteiger partial charge on any atom is 0.343 e. The molecule has 0 aliphatic rings. The zero-order valence-electron chi connectivity index (χ0n) is 19.3. The third kappa shape index (κ3) is 6.14. The van der Waals surface area contributed by atoms with Gasteiger partial charge in [-0.1, -0.05) is 59.6 Å². The average molecular weight is 500 g/mol. The summed E-state index contributed by atoms with van der Waals surface area (Å²) in [5.41, 5.74) is 4.74. The normalized spacial score (nSPS) is 10.8. The number of amides is 2. The number of hydrogen-bond acceptors (Lipinski definition) is 5. The van der Waals surface area contributed by atoms with Crippen molar-refractivity contribution in [2.24, 2.45) is 5.10 Å². The van der Waals surface area contributed by atoms with Crippen LogP contribution < -0.4 is 15.5 Å². The molecule has 4 aromatic carbocycles. The summed E-state index contributed by atoms with van der Waals surface area (Å²) in [4.78, 5) is 37.1. The minimum atomic E-state index is -0.521. The topological polar surface area (TPSA) is 96.9 Å². The summed E-state index contributed by atoms with van der Waals surface area (Å²) in [5, 5.41) is 8.76. The molecule has 0 atom stereocenters. The molecular weight excluding hydrogens is 478 g/mol.